The van der Waals surface area contributed by atoms with Gasteiger partial charge < -0.3 is 5.11 Å². The van der Waals surface area contributed by atoms with E-state index in [-0.39, 0.29) is 12.0 Å². The predicted octanol–water partition coefficient (Wildman–Crippen LogP) is 1.55. The van der Waals surface area contributed by atoms with Gasteiger partial charge in [0.2, 0.25) is 0 Å². The molecule has 1 rings (SSSR count). The number of carboxylic acids is 1. The third-order valence-corrected chi connectivity index (χ3v) is 1.67. The fourth-order valence-corrected chi connectivity index (χ4v) is 1.17. The molecule has 0 bridgehead atoms. The molecule has 0 aliphatic carbocycles. The second-order valence-electron chi connectivity index (χ2n) is 3.06. The maximum Gasteiger partial charge on any atom is 0.310 e. The van der Waals surface area contributed by atoms with Crippen molar-refractivity contribution in [3.8, 4) is 0 Å². The molecule has 0 fully saturated rings. The Labute approximate surface area is 84.3 Å². The van der Waals surface area contributed by atoms with Crippen molar-refractivity contribution in [2.75, 3.05) is 0 Å². The molecule has 0 heterocycles. The first kappa shape index (κ1) is 11.3. The van der Waals surface area contributed by atoms with E-state index in [9.17, 15) is 18.4 Å². The lowest BCUT2D eigenvalue weighted by Crippen LogP contribution is -2.09. The molecular formula is C10H8F2O3. The second kappa shape index (κ2) is 4.63. The molecule has 3 nitrogen and oxygen atoms in total. The van der Waals surface area contributed by atoms with Crippen LogP contribution in [0.4, 0.5) is 8.78 Å². The van der Waals surface area contributed by atoms with Gasteiger partial charge in [-0.2, -0.15) is 0 Å². The number of carbonyl (C=O) groups is 2. The van der Waals surface area contributed by atoms with Gasteiger partial charge in [-0.15, -0.1) is 0 Å². The van der Waals surface area contributed by atoms with Crippen molar-refractivity contribution in [3.05, 3.63) is 35.4 Å². The normalized spacial score (nSPS) is 10.0. The minimum Gasteiger partial charge on any atom is -0.481 e. The van der Waals surface area contributed by atoms with Gasteiger partial charge in [0.05, 0.1) is 0 Å². The fraction of sp³-hybridized carbons (Fsp3) is 0.200. The van der Waals surface area contributed by atoms with Crippen LogP contribution in [0.5, 0.6) is 0 Å². The molecule has 0 amide bonds. The number of benzene rings is 1. The number of carboxylic acid groups (broad SMARTS) is 1. The molecule has 0 spiro atoms. The molecule has 0 saturated heterocycles. The molecule has 1 aromatic carbocycles. The molecule has 5 heteroatoms. The molecule has 0 unspecified atom stereocenters. The summed E-state index contributed by atoms with van der Waals surface area (Å²) < 4.78 is 25.3. The van der Waals surface area contributed by atoms with Gasteiger partial charge >= 0.3 is 5.97 Å². The molecule has 1 N–H and O–H groups in total. The molecule has 0 saturated carbocycles. The summed E-state index contributed by atoms with van der Waals surface area (Å²) in [6.07, 6.45) is -0.918. The summed E-state index contributed by atoms with van der Waals surface area (Å²) in [6, 6.07) is 2.69. The minimum atomic E-state index is -1.25. The molecule has 0 radical (unpaired) electrons. The summed E-state index contributed by atoms with van der Waals surface area (Å²) in [5, 5.41) is 8.30. The summed E-state index contributed by atoms with van der Waals surface area (Å²) in [7, 11) is 0. The fourth-order valence-electron chi connectivity index (χ4n) is 1.17. The van der Waals surface area contributed by atoms with Crippen LogP contribution in [0.2, 0.25) is 0 Å². The van der Waals surface area contributed by atoms with E-state index in [0.29, 0.717) is 6.07 Å². The highest BCUT2D eigenvalue weighted by Gasteiger charge is 2.10. The van der Waals surface area contributed by atoms with Gasteiger partial charge in [-0.05, 0) is 17.7 Å². The van der Waals surface area contributed by atoms with Gasteiger partial charge in [0.25, 0.3) is 0 Å². The van der Waals surface area contributed by atoms with Crippen molar-refractivity contribution in [2.45, 2.75) is 12.8 Å². The van der Waals surface area contributed by atoms with Crippen molar-refractivity contribution in [1.29, 1.82) is 0 Å². The lowest BCUT2D eigenvalue weighted by atomic mass is 10.1. The molecular weight excluding hydrogens is 206 g/mol. The maximum atomic E-state index is 12.7. The zero-order valence-electron chi connectivity index (χ0n) is 7.67. The van der Waals surface area contributed by atoms with Crippen LogP contribution < -0.4 is 0 Å². The maximum absolute atomic E-state index is 12.7. The lowest BCUT2D eigenvalue weighted by Gasteiger charge is -2.00. The minimum absolute atomic E-state index is 0.138. The van der Waals surface area contributed by atoms with Gasteiger partial charge in [0.1, 0.15) is 23.8 Å². The van der Waals surface area contributed by atoms with E-state index in [1.165, 1.54) is 0 Å². The van der Waals surface area contributed by atoms with Crippen LogP contribution in [0.3, 0.4) is 0 Å². The standard InChI is InChI=1S/C10H8F2O3/c11-7-1-6(2-8(12)4-7)3-9(13)5-10(14)15/h1-2,4H,3,5H2,(H,14,15). The quantitative estimate of drug-likeness (QED) is 0.773. The Kier molecular flexibility index (Phi) is 3.49. The molecule has 0 aliphatic rings. The molecule has 15 heavy (non-hydrogen) atoms. The van der Waals surface area contributed by atoms with Crippen LogP contribution in [0.25, 0.3) is 0 Å². The monoisotopic (exact) mass is 214 g/mol. The Morgan fingerprint density at radius 1 is 1.13 bits per heavy atom. The number of ketones is 1. The highest BCUT2D eigenvalue weighted by Crippen LogP contribution is 2.09. The van der Waals surface area contributed by atoms with Crippen molar-refractivity contribution in [2.24, 2.45) is 0 Å². The summed E-state index contributed by atoms with van der Waals surface area (Å²) >= 11 is 0. The first-order valence-electron chi connectivity index (χ1n) is 4.16. The van der Waals surface area contributed by atoms with Crippen molar-refractivity contribution < 1.29 is 23.5 Å². The zero-order chi connectivity index (χ0) is 11.4. The van der Waals surface area contributed by atoms with Crippen LogP contribution in [0, 0.1) is 11.6 Å². The van der Waals surface area contributed by atoms with Crippen molar-refractivity contribution in [3.63, 3.8) is 0 Å². The highest BCUT2D eigenvalue weighted by molar-refractivity contribution is 5.95. The van der Waals surface area contributed by atoms with E-state index < -0.39 is 29.8 Å². The molecule has 0 aliphatic heterocycles. The van der Waals surface area contributed by atoms with Crippen molar-refractivity contribution in [1.82, 2.24) is 0 Å². The van der Waals surface area contributed by atoms with E-state index in [4.69, 9.17) is 5.11 Å². The van der Waals surface area contributed by atoms with Crippen LogP contribution in [-0.2, 0) is 16.0 Å². The van der Waals surface area contributed by atoms with Crippen LogP contribution >= 0.6 is 0 Å². The van der Waals surface area contributed by atoms with Crippen LogP contribution in [0.15, 0.2) is 18.2 Å². The van der Waals surface area contributed by atoms with Gasteiger partial charge in [-0.25, -0.2) is 8.78 Å². The Morgan fingerprint density at radius 2 is 1.67 bits per heavy atom. The average Bonchev–Trinajstić information content (AvgIpc) is 1.98. The SMILES string of the molecule is O=C(O)CC(=O)Cc1cc(F)cc(F)c1. The number of hydrogen-bond donors (Lipinski definition) is 1. The number of aliphatic carboxylic acids is 1. The predicted molar refractivity (Wildman–Crippen MR) is 47.3 cm³/mol. The highest BCUT2D eigenvalue weighted by atomic mass is 19.1. The van der Waals surface area contributed by atoms with E-state index in [1.54, 1.807) is 0 Å². The molecule has 0 aromatic heterocycles. The number of rotatable bonds is 4. The number of carbonyl (C=O) groups excluding carboxylic acids is 1. The Bertz CT molecular complexity index is 381. The smallest absolute Gasteiger partial charge is 0.310 e. The van der Waals surface area contributed by atoms with E-state index in [1.807, 2.05) is 0 Å². The molecule has 80 valence electrons. The number of hydrogen-bond acceptors (Lipinski definition) is 2. The molecule has 1 aromatic rings. The van der Waals surface area contributed by atoms with E-state index in [0.717, 1.165) is 12.1 Å². The Morgan fingerprint density at radius 3 is 2.13 bits per heavy atom. The van der Waals surface area contributed by atoms with E-state index >= 15 is 0 Å². The first-order chi connectivity index (χ1) is 6.97. The van der Waals surface area contributed by atoms with Gasteiger partial charge in [-0.3, -0.25) is 9.59 Å². The van der Waals surface area contributed by atoms with E-state index in [2.05, 4.69) is 0 Å². The largest absolute Gasteiger partial charge is 0.481 e. The van der Waals surface area contributed by atoms with Crippen molar-refractivity contribution >= 4 is 11.8 Å². The third kappa shape index (κ3) is 3.84. The number of halogens is 2. The summed E-state index contributed by atoms with van der Waals surface area (Å²) in [5.41, 5.74) is 0.138. The van der Waals surface area contributed by atoms with Gasteiger partial charge in [0, 0.05) is 12.5 Å². The van der Waals surface area contributed by atoms with Crippen LogP contribution in [0.1, 0.15) is 12.0 Å². The van der Waals surface area contributed by atoms with Gasteiger partial charge in [-0.1, -0.05) is 0 Å². The summed E-state index contributed by atoms with van der Waals surface area (Å²) in [5.74, 6) is -3.41. The zero-order valence-corrected chi connectivity index (χ0v) is 7.67. The second-order valence-corrected chi connectivity index (χ2v) is 3.06. The number of Topliss-reactive ketones (excluding diaryl/α,β-unsaturated/α-hetero) is 1. The van der Waals surface area contributed by atoms with Gasteiger partial charge in [0.15, 0.2) is 0 Å². The topological polar surface area (TPSA) is 54.4 Å². The summed E-state index contributed by atoms with van der Waals surface area (Å²) in [6.45, 7) is 0. The Balaban J connectivity index is 2.72. The molecule has 0 atom stereocenters. The third-order valence-electron chi connectivity index (χ3n) is 1.67. The Hall–Kier alpha value is -1.78. The first-order valence-corrected chi connectivity index (χ1v) is 4.16. The summed E-state index contributed by atoms with van der Waals surface area (Å²) in [4.78, 5) is 21.2. The average molecular weight is 214 g/mol. The van der Waals surface area contributed by atoms with Crippen LogP contribution in [-0.4, -0.2) is 16.9 Å². The lowest BCUT2D eigenvalue weighted by molar-refractivity contribution is -0.140.